The van der Waals surface area contributed by atoms with Crippen molar-refractivity contribution in [1.82, 2.24) is 9.80 Å². The molecule has 1 fully saturated rings. The first-order valence-electron chi connectivity index (χ1n) is 7.07. The van der Waals surface area contributed by atoms with Gasteiger partial charge in [-0.3, -0.25) is 4.90 Å². The Morgan fingerprint density at radius 2 is 2.00 bits per heavy atom. The number of carbonyl (C=O) groups is 1. The van der Waals surface area contributed by atoms with E-state index in [0.29, 0.717) is 0 Å². The van der Waals surface area contributed by atoms with Gasteiger partial charge in [-0.25, -0.2) is 4.79 Å². The van der Waals surface area contributed by atoms with Gasteiger partial charge >= 0.3 is 6.03 Å². The Balaban J connectivity index is 1.93. The molecule has 0 aliphatic carbocycles. The van der Waals surface area contributed by atoms with Crippen LogP contribution in [0.25, 0.3) is 0 Å². The van der Waals surface area contributed by atoms with E-state index < -0.39 is 0 Å². The monoisotopic (exact) mass is 273 g/mol. The molecule has 108 valence electrons. The van der Waals surface area contributed by atoms with Crippen molar-refractivity contribution in [3.8, 4) is 0 Å². The van der Waals surface area contributed by atoms with Crippen LogP contribution in [0.4, 0.5) is 10.5 Å². The molecule has 2 rings (SSSR count). The highest BCUT2D eigenvalue weighted by atomic mass is 16.2. The summed E-state index contributed by atoms with van der Waals surface area (Å²) in [6.07, 6.45) is 1.91. The molecule has 1 aliphatic heterocycles. The van der Waals surface area contributed by atoms with E-state index in [1.165, 1.54) is 5.56 Å². The Labute approximate surface area is 121 Å². The maximum atomic E-state index is 12.3. The number of aryl methyl sites for hydroxylation is 1. The number of hydrogen-bond donors (Lipinski definition) is 1. The smallest absolute Gasteiger partial charge is 0.321 e. The molecule has 0 atom stereocenters. The topological polar surface area (TPSA) is 35.6 Å². The fraction of sp³-hybridized carbons (Fsp3) is 0.438. The van der Waals surface area contributed by atoms with Crippen LogP contribution in [-0.4, -0.2) is 48.6 Å². The quantitative estimate of drug-likeness (QED) is 0.859. The van der Waals surface area contributed by atoms with Gasteiger partial charge < -0.3 is 10.2 Å². The summed E-state index contributed by atoms with van der Waals surface area (Å²) < 4.78 is 0. The molecule has 0 saturated carbocycles. The second-order valence-corrected chi connectivity index (χ2v) is 5.25. The first-order valence-corrected chi connectivity index (χ1v) is 7.07. The van der Waals surface area contributed by atoms with Gasteiger partial charge in [0.15, 0.2) is 0 Å². The SMILES string of the molecule is C=CCN1CCN(C(=O)Nc2cccc(C)c2C)CC1. The summed E-state index contributed by atoms with van der Waals surface area (Å²) in [7, 11) is 0. The molecule has 4 nitrogen and oxygen atoms in total. The number of nitrogens with zero attached hydrogens (tertiary/aromatic N) is 2. The van der Waals surface area contributed by atoms with Crippen molar-refractivity contribution in [3.05, 3.63) is 42.0 Å². The molecular weight excluding hydrogens is 250 g/mol. The van der Waals surface area contributed by atoms with Crippen molar-refractivity contribution in [2.24, 2.45) is 0 Å². The molecule has 0 unspecified atom stereocenters. The Morgan fingerprint density at radius 1 is 1.30 bits per heavy atom. The van der Waals surface area contributed by atoms with Crippen molar-refractivity contribution >= 4 is 11.7 Å². The van der Waals surface area contributed by atoms with E-state index in [1.54, 1.807) is 0 Å². The van der Waals surface area contributed by atoms with Gasteiger partial charge in [-0.05, 0) is 31.0 Å². The molecular formula is C16H23N3O. The van der Waals surface area contributed by atoms with Crippen LogP contribution in [0.15, 0.2) is 30.9 Å². The van der Waals surface area contributed by atoms with Gasteiger partial charge in [0.2, 0.25) is 0 Å². The number of urea groups is 1. The molecule has 0 radical (unpaired) electrons. The van der Waals surface area contributed by atoms with E-state index in [9.17, 15) is 4.79 Å². The van der Waals surface area contributed by atoms with E-state index in [-0.39, 0.29) is 6.03 Å². The minimum atomic E-state index is -0.00282. The molecule has 1 aliphatic rings. The van der Waals surface area contributed by atoms with E-state index in [2.05, 4.69) is 29.8 Å². The molecule has 2 amide bonds. The second kappa shape index (κ2) is 6.57. The second-order valence-electron chi connectivity index (χ2n) is 5.25. The Morgan fingerprint density at radius 3 is 2.65 bits per heavy atom. The normalized spacial score (nSPS) is 16.0. The number of nitrogens with one attached hydrogen (secondary N) is 1. The molecule has 1 aromatic rings. The van der Waals surface area contributed by atoms with E-state index in [1.807, 2.05) is 30.0 Å². The molecule has 0 aromatic heterocycles. The average molecular weight is 273 g/mol. The number of anilines is 1. The van der Waals surface area contributed by atoms with Crippen LogP contribution in [0.3, 0.4) is 0 Å². The van der Waals surface area contributed by atoms with Crippen LogP contribution in [0.1, 0.15) is 11.1 Å². The summed E-state index contributed by atoms with van der Waals surface area (Å²) in [6, 6.07) is 5.98. The number of benzene rings is 1. The lowest BCUT2D eigenvalue weighted by Crippen LogP contribution is -2.49. The van der Waals surface area contributed by atoms with Crippen LogP contribution in [0, 0.1) is 13.8 Å². The standard InChI is InChI=1S/C16H23N3O/c1-4-8-18-9-11-19(12-10-18)16(20)17-15-7-5-6-13(2)14(15)3/h4-7H,1,8-12H2,2-3H3,(H,17,20). The third kappa shape index (κ3) is 3.39. The van der Waals surface area contributed by atoms with Crippen LogP contribution < -0.4 is 5.32 Å². The minimum absolute atomic E-state index is 0.00282. The van der Waals surface area contributed by atoms with Crippen molar-refractivity contribution < 1.29 is 4.79 Å². The summed E-state index contributed by atoms with van der Waals surface area (Å²) in [5.41, 5.74) is 3.23. The molecule has 0 spiro atoms. The van der Waals surface area contributed by atoms with Gasteiger partial charge in [-0.15, -0.1) is 6.58 Å². The van der Waals surface area contributed by atoms with Gasteiger partial charge in [-0.2, -0.15) is 0 Å². The molecule has 20 heavy (non-hydrogen) atoms. The van der Waals surface area contributed by atoms with E-state index in [0.717, 1.165) is 44.0 Å². The third-order valence-electron chi connectivity index (χ3n) is 3.89. The van der Waals surface area contributed by atoms with Gasteiger partial charge in [0.1, 0.15) is 0 Å². The third-order valence-corrected chi connectivity index (χ3v) is 3.89. The number of rotatable bonds is 3. The molecule has 1 heterocycles. The number of hydrogen-bond acceptors (Lipinski definition) is 2. The lowest BCUT2D eigenvalue weighted by atomic mass is 10.1. The van der Waals surface area contributed by atoms with Crippen molar-refractivity contribution in [2.45, 2.75) is 13.8 Å². The summed E-state index contributed by atoms with van der Waals surface area (Å²) in [6.45, 7) is 12.1. The largest absolute Gasteiger partial charge is 0.322 e. The first kappa shape index (κ1) is 14.6. The minimum Gasteiger partial charge on any atom is -0.322 e. The van der Waals surface area contributed by atoms with Gasteiger partial charge in [-0.1, -0.05) is 18.2 Å². The summed E-state index contributed by atoms with van der Waals surface area (Å²) in [5, 5.41) is 3.02. The van der Waals surface area contributed by atoms with Gasteiger partial charge in [0.25, 0.3) is 0 Å². The van der Waals surface area contributed by atoms with Crippen LogP contribution in [0.2, 0.25) is 0 Å². The van der Waals surface area contributed by atoms with Crippen LogP contribution in [0.5, 0.6) is 0 Å². The molecule has 0 bridgehead atoms. The lowest BCUT2D eigenvalue weighted by molar-refractivity contribution is 0.156. The van der Waals surface area contributed by atoms with Crippen molar-refractivity contribution in [1.29, 1.82) is 0 Å². The molecule has 1 N–H and O–H groups in total. The maximum absolute atomic E-state index is 12.3. The highest BCUT2D eigenvalue weighted by molar-refractivity contribution is 5.90. The Kier molecular flexibility index (Phi) is 4.79. The Hall–Kier alpha value is -1.81. The molecule has 1 aromatic carbocycles. The lowest BCUT2D eigenvalue weighted by Gasteiger charge is -2.34. The predicted octanol–water partition coefficient (Wildman–Crippen LogP) is 2.64. The maximum Gasteiger partial charge on any atom is 0.321 e. The van der Waals surface area contributed by atoms with Crippen molar-refractivity contribution in [3.63, 3.8) is 0 Å². The number of piperazine rings is 1. The first-order chi connectivity index (χ1) is 9.61. The number of carbonyl (C=O) groups excluding carboxylic acids is 1. The van der Waals surface area contributed by atoms with Crippen molar-refractivity contribution in [2.75, 3.05) is 38.0 Å². The van der Waals surface area contributed by atoms with E-state index >= 15 is 0 Å². The zero-order chi connectivity index (χ0) is 14.5. The van der Waals surface area contributed by atoms with Gasteiger partial charge in [0, 0.05) is 38.4 Å². The zero-order valence-electron chi connectivity index (χ0n) is 12.4. The average Bonchev–Trinajstić information content (AvgIpc) is 2.45. The summed E-state index contributed by atoms with van der Waals surface area (Å²) in [5.74, 6) is 0. The zero-order valence-corrected chi connectivity index (χ0v) is 12.4. The molecule has 1 saturated heterocycles. The van der Waals surface area contributed by atoms with Crippen LogP contribution >= 0.6 is 0 Å². The molecule has 4 heteroatoms. The van der Waals surface area contributed by atoms with E-state index in [4.69, 9.17) is 0 Å². The number of amides is 2. The fourth-order valence-electron chi connectivity index (χ4n) is 2.40. The highest BCUT2D eigenvalue weighted by Gasteiger charge is 2.20. The van der Waals surface area contributed by atoms with Gasteiger partial charge in [0.05, 0.1) is 0 Å². The highest BCUT2D eigenvalue weighted by Crippen LogP contribution is 2.18. The fourth-order valence-corrected chi connectivity index (χ4v) is 2.40. The summed E-state index contributed by atoms with van der Waals surface area (Å²) >= 11 is 0. The van der Waals surface area contributed by atoms with Crippen LogP contribution in [-0.2, 0) is 0 Å². The predicted molar refractivity (Wildman–Crippen MR) is 83.1 cm³/mol. The summed E-state index contributed by atoms with van der Waals surface area (Å²) in [4.78, 5) is 16.4. The Bertz CT molecular complexity index is 490.